The Balaban J connectivity index is 1.97. The molecule has 1 aromatic carbocycles. The number of halogens is 1. The lowest BCUT2D eigenvalue weighted by Gasteiger charge is -2.16. The Kier molecular flexibility index (Phi) is 2.93. The van der Waals surface area contributed by atoms with Gasteiger partial charge in [0.05, 0.1) is 0 Å². The molecule has 1 atom stereocenters. The monoisotopic (exact) mass is 294 g/mol. The lowest BCUT2D eigenvalue weighted by molar-refractivity contribution is -0.117. The van der Waals surface area contributed by atoms with Crippen LogP contribution < -0.4 is 4.90 Å². The summed E-state index contributed by atoms with van der Waals surface area (Å²) < 4.78 is 34.8. The first kappa shape index (κ1) is 13.0. The summed E-state index contributed by atoms with van der Waals surface area (Å²) in [5, 5.41) is 0.526. The van der Waals surface area contributed by atoms with Gasteiger partial charge in [-0.15, -0.1) is 3.89 Å². The Bertz CT molecular complexity index is 791. The SMILES string of the molecule is O=C1CC(S(=O)(=O)F)CN1c1ccc2cnccc2c1. The summed E-state index contributed by atoms with van der Waals surface area (Å²) in [6.07, 6.45) is 3.01. The molecule has 2 heterocycles. The van der Waals surface area contributed by atoms with Crippen LogP contribution in [0, 0.1) is 0 Å². The summed E-state index contributed by atoms with van der Waals surface area (Å²) in [5.74, 6) is -0.385. The topological polar surface area (TPSA) is 67.3 Å². The van der Waals surface area contributed by atoms with Crippen LogP contribution in [0.1, 0.15) is 6.42 Å². The highest BCUT2D eigenvalue weighted by atomic mass is 32.3. The van der Waals surface area contributed by atoms with Crippen LogP contribution in [0.5, 0.6) is 0 Å². The molecule has 0 bridgehead atoms. The molecule has 1 aliphatic rings. The lowest BCUT2D eigenvalue weighted by atomic mass is 10.1. The molecular weight excluding hydrogens is 283 g/mol. The normalized spacial score (nSPS) is 19.8. The third-order valence-corrected chi connectivity index (χ3v) is 4.54. The highest BCUT2D eigenvalue weighted by molar-refractivity contribution is 7.87. The summed E-state index contributed by atoms with van der Waals surface area (Å²) in [6, 6.07) is 7.06. The first-order valence-electron chi connectivity index (χ1n) is 6.03. The molecule has 0 N–H and O–H groups in total. The van der Waals surface area contributed by atoms with Crippen molar-refractivity contribution in [3.63, 3.8) is 0 Å². The van der Waals surface area contributed by atoms with Gasteiger partial charge >= 0.3 is 10.2 Å². The predicted octanol–water partition coefficient (Wildman–Crippen LogP) is 1.64. The van der Waals surface area contributed by atoms with Gasteiger partial charge < -0.3 is 4.90 Å². The number of nitrogens with zero attached hydrogens (tertiary/aromatic N) is 2. The number of pyridine rings is 1. The maximum atomic E-state index is 13.0. The van der Waals surface area contributed by atoms with E-state index in [9.17, 15) is 17.1 Å². The minimum absolute atomic E-state index is 0.145. The first-order valence-corrected chi connectivity index (χ1v) is 7.47. The molecule has 1 unspecified atom stereocenters. The minimum atomic E-state index is -4.69. The van der Waals surface area contributed by atoms with Crippen molar-refractivity contribution in [2.24, 2.45) is 0 Å². The van der Waals surface area contributed by atoms with E-state index >= 15 is 0 Å². The van der Waals surface area contributed by atoms with Gasteiger partial charge in [-0.1, -0.05) is 6.07 Å². The number of hydrogen-bond donors (Lipinski definition) is 0. The molecule has 1 aromatic heterocycles. The van der Waals surface area contributed by atoms with E-state index in [1.54, 1.807) is 36.7 Å². The largest absolute Gasteiger partial charge is 0.311 e. The molecule has 7 heteroatoms. The molecule has 1 aliphatic heterocycles. The molecule has 5 nitrogen and oxygen atoms in total. The molecule has 0 radical (unpaired) electrons. The number of benzene rings is 1. The fourth-order valence-electron chi connectivity index (χ4n) is 2.35. The van der Waals surface area contributed by atoms with E-state index in [0.29, 0.717) is 5.69 Å². The third-order valence-electron chi connectivity index (χ3n) is 3.42. The van der Waals surface area contributed by atoms with Crippen LogP contribution in [-0.4, -0.2) is 31.1 Å². The van der Waals surface area contributed by atoms with E-state index in [1.165, 1.54) is 4.90 Å². The summed E-state index contributed by atoms with van der Waals surface area (Å²) in [4.78, 5) is 17.1. The fourth-order valence-corrected chi connectivity index (χ4v) is 3.02. The molecule has 1 amide bonds. The van der Waals surface area contributed by atoms with Crippen LogP contribution in [0.15, 0.2) is 36.7 Å². The molecular formula is C13H11FN2O3S. The second-order valence-corrected chi connectivity index (χ2v) is 6.33. The molecule has 1 fully saturated rings. The Morgan fingerprint density at radius 2 is 2.05 bits per heavy atom. The van der Waals surface area contributed by atoms with Crippen LogP contribution in [0.3, 0.4) is 0 Å². The van der Waals surface area contributed by atoms with Crippen molar-refractivity contribution in [1.82, 2.24) is 4.98 Å². The zero-order valence-electron chi connectivity index (χ0n) is 10.4. The van der Waals surface area contributed by atoms with Crippen molar-refractivity contribution in [2.75, 3.05) is 11.4 Å². The van der Waals surface area contributed by atoms with E-state index in [-0.39, 0.29) is 18.9 Å². The van der Waals surface area contributed by atoms with Crippen LogP contribution in [0.2, 0.25) is 0 Å². The number of aromatic nitrogens is 1. The van der Waals surface area contributed by atoms with Gasteiger partial charge in [0.25, 0.3) is 0 Å². The van der Waals surface area contributed by atoms with Crippen molar-refractivity contribution in [3.8, 4) is 0 Å². The molecule has 0 spiro atoms. The molecule has 0 aliphatic carbocycles. The van der Waals surface area contributed by atoms with Gasteiger partial charge in [0.15, 0.2) is 0 Å². The lowest BCUT2D eigenvalue weighted by Crippen LogP contribution is -2.26. The number of rotatable bonds is 2. The van der Waals surface area contributed by atoms with Crippen LogP contribution in [-0.2, 0) is 15.0 Å². The fraction of sp³-hybridized carbons (Fsp3) is 0.231. The van der Waals surface area contributed by atoms with Crippen molar-refractivity contribution < 1.29 is 17.1 Å². The summed E-state index contributed by atoms with van der Waals surface area (Å²) in [6.45, 7) is -0.145. The highest BCUT2D eigenvalue weighted by Crippen LogP contribution is 2.28. The Morgan fingerprint density at radius 3 is 2.75 bits per heavy atom. The minimum Gasteiger partial charge on any atom is -0.311 e. The number of fused-ring (bicyclic) bond motifs is 1. The number of amides is 1. The van der Waals surface area contributed by atoms with E-state index < -0.39 is 15.5 Å². The first-order chi connectivity index (χ1) is 9.45. The molecule has 2 aromatic rings. The van der Waals surface area contributed by atoms with Crippen molar-refractivity contribution in [1.29, 1.82) is 0 Å². The second-order valence-electron chi connectivity index (χ2n) is 4.71. The van der Waals surface area contributed by atoms with Gasteiger partial charge in [0.2, 0.25) is 5.91 Å². The van der Waals surface area contributed by atoms with Gasteiger partial charge in [-0.2, -0.15) is 8.42 Å². The Hall–Kier alpha value is -2.02. The zero-order chi connectivity index (χ0) is 14.3. The highest BCUT2D eigenvalue weighted by Gasteiger charge is 2.39. The van der Waals surface area contributed by atoms with Gasteiger partial charge in [-0.3, -0.25) is 9.78 Å². The quantitative estimate of drug-likeness (QED) is 0.790. The van der Waals surface area contributed by atoms with E-state index in [0.717, 1.165) is 10.8 Å². The molecule has 3 rings (SSSR count). The van der Waals surface area contributed by atoms with Gasteiger partial charge in [-0.05, 0) is 23.6 Å². The summed E-state index contributed by atoms with van der Waals surface area (Å²) in [7, 11) is -4.69. The Morgan fingerprint density at radius 1 is 1.25 bits per heavy atom. The number of carbonyl (C=O) groups is 1. The number of carbonyl (C=O) groups excluding carboxylic acids is 1. The maximum Gasteiger partial charge on any atom is 0.307 e. The van der Waals surface area contributed by atoms with Crippen LogP contribution in [0.4, 0.5) is 9.57 Å². The van der Waals surface area contributed by atoms with E-state index in [4.69, 9.17) is 0 Å². The predicted molar refractivity (Wildman–Crippen MR) is 72.5 cm³/mol. The van der Waals surface area contributed by atoms with Crippen molar-refractivity contribution in [2.45, 2.75) is 11.7 Å². The van der Waals surface area contributed by atoms with Gasteiger partial charge in [0.1, 0.15) is 5.25 Å². The standard InChI is InChI=1S/C13H11FN2O3S/c14-20(18,19)12-6-13(17)16(8-12)11-2-1-10-7-15-4-3-9(10)5-11/h1-5,7,12H,6,8H2. The molecule has 20 heavy (non-hydrogen) atoms. The smallest absolute Gasteiger partial charge is 0.307 e. The average molecular weight is 294 g/mol. The van der Waals surface area contributed by atoms with Crippen LogP contribution >= 0.6 is 0 Å². The van der Waals surface area contributed by atoms with Crippen molar-refractivity contribution >= 4 is 32.6 Å². The second kappa shape index (κ2) is 4.52. The van der Waals surface area contributed by atoms with Crippen molar-refractivity contribution in [3.05, 3.63) is 36.7 Å². The van der Waals surface area contributed by atoms with Crippen LogP contribution in [0.25, 0.3) is 10.8 Å². The number of hydrogen-bond acceptors (Lipinski definition) is 4. The van der Waals surface area contributed by atoms with Gasteiger partial charge in [0, 0.05) is 36.4 Å². The summed E-state index contributed by atoms with van der Waals surface area (Å²) >= 11 is 0. The summed E-state index contributed by atoms with van der Waals surface area (Å²) in [5.41, 5.74) is 0.569. The molecule has 1 saturated heterocycles. The van der Waals surface area contributed by atoms with E-state index in [1.807, 2.05) is 0 Å². The Labute approximate surface area is 115 Å². The van der Waals surface area contributed by atoms with E-state index in [2.05, 4.69) is 4.98 Å². The maximum absolute atomic E-state index is 13.0. The zero-order valence-corrected chi connectivity index (χ0v) is 11.2. The number of anilines is 1. The third kappa shape index (κ3) is 2.24. The molecule has 104 valence electrons. The average Bonchev–Trinajstić information content (AvgIpc) is 2.80. The van der Waals surface area contributed by atoms with Gasteiger partial charge in [-0.25, -0.2) is 0 Å². The molecule has 0 saturated carbocycles.